The van der Waals surface area contributed by atoms with E-state index in [9.17, 15) is 26.3 Å². The van der Waals surface area contributed by atoms with Crippen molar-refractivity contribution in [2.75, 3.05) is 18.4 Å². The molecule has 0 aliphatic carbocycles. The van der Waals surface area contributed by atoms with E-state index in [1.165, 1.54) is 36.5 Å². The molecule has 212 valence electrons. The third-order valence-electron chi connectivity index (χ3n) is 6.52. The average molecular weight is 562 g/mol. The number of alkyl halides is 6. The van der Waals surface area contributed by atoms with E-state index in [4.69, 9.17) is 9.97 Å². The minimum atomic E-state index is -4.60. The SMILES string of the molecule is CCCN(CCC)C(C)c1nc(Nc2ccc(C(F)(F)F)cc2)c2ccc(-c3ncccc3C(F)(F)F)cc2n1. The molecule has 2 heterocycles. The molecule has 1 unspecified atom stereocenters. The Hall–Kier alpha value is -3.73. The lowest BCUT2D eigenvalue weighted by molar-refractivity contribution is -0.138. The van der Waals surface area contributed by atoms with E-state index in [0.29, 0.717) is 28.2 Å². The summed E-state index contributed by atoms with van der Waals surface area (Å²) < 4.78 is 80.3. The summed E-state index contributed by atoms with van der Waals surface area (Å²) in [6, 6.07) is 11.2. The fourth-order valence-corrected chi connectivity index (χ4v) is 4.56. The molecule has 11 heteroatoms. The van der Waals surface area contributed by atoms with Crippen LogP contribution in [0.4, 0.5) is 37.8 Å². The van der Waals surface area contributed by atoms with Crippen LogP contribution >= 0.6 is 0 Å². The normalized spacial score (nSPS) is 13.2. The van der Waals surface area contributed by atoms with Crippen LogP contribution in [0.5, 0.6) is 0 Å². The van der Waals surface area contributed by atoms with Gasteiger partial charge in [-0.2, -0.15) is 26.3 Å². The van der Waals surface area contributed by atoms with Crippen LogP contribution in [0.2, 0.25) is 0 Å². The Kier molecular flexibility index (Phi) is 8.62. The number of hydrogen-bond donors (Lipinski definition) is 1. The van der Waals surface area contributed by atoms with Gasteiger partial charge in [-0.1, -0.05) is 19.9 Å². The summed E-state index contributed by atoms with van der Waals surface area (Å²) >= 11 is 0. The van der Waals surface area contributed by atoms with E-state index in [-0.39, 0.29) is 17.3 Å². The van der Waals surface area contributed by atoms with Gasteiger partial charge in [-0.15, -0.1) is 0 Å². The second-order valence-electron chi connectivity index (χ2n) is 9.47. The van der Waals surface area contributed by atoms with Crippen LogP contribution in [-0.4, -0.2) is 32.9 Å². The molecule has 0 saturated heterocycles. The van der Waals surface area contributed by atoms with Crippen LogP contribution in [0.15, 0.2) is 60.8 Å². The largest absolute Gasteiger partial charge is 0.418 e. The monoisotopic (exact) mass is 561 g/mol. The number of rotatable bonds is 9. The van der Waals surface area contributed by atoms with Crippen LogP contribution < -0.4 is 5.32 Å². The molecule has 0 saturated carbocycles. The highest BCUT2D eigenvalue weighted by molar-refractivity contribution is 5.93. The summed E-state index contributed by atoms with van der Waals surface area (Å²) in [6.07, 6.45) is -5.97. The molecule has 0 fully saturated rings. The minimum absolute atomic E-state index is 0.221. The van der Waals surface area contributed by atoms with Crippen molar-refractivity contribution in [3.8, 4) is 11.3 Å². The maximum atomic E-state index is 13.7. The Morgan fingerprint density at radius 1 is 0.850 bits per heavy atom. The van der Waals surface area contributed by atoms with Crippen molar-refractivity contribution in [2.24, 2.45) is 0 Å². The fourth-order valence-electron chi connectivity index (χ4n) is 4.56. The van der Waals surface area contributed by atoms with Crippen LogP contribution in [0.3, 0.4) is 0 Å². The van der Waals surface area contributed by atoms with Gasteiger partial charge in [-0.3, -0.25) is 9.88 Å². The van der Waals surface area contributed by atoms with Gasteiger partial charge >= 0.3 is 12.4 Å². The molecule has 0 spiro atoms. The Labute approximate surface area is 228 Å². The molecule has 0 aliphatic heterocycles. The first-order chi connectivity index (χ1) is 18.9. The van der Waals surface area contributed by atoms with E-state index in [1.807, 2.05) is 6.92 Å². The van der Waals surface area contributed by atoms with E-state index >= 15 is 0 Å². The second kappa shape index (κ2) is 11.8. The van der Waals surface area contributed by atoms with Gasteiger partial charge in [0.05, 0.1) is 28.4 Å². The predicted molar refractivity (Wildman–Crippen MR) is 143 cm³/mol. The van der Waals surface area contributed by atoms with Crippen LogP contribution in [0.1, 0.15) is 56.6 Å². The van der Waals surface area contributed by atoms with Crippen LogP contribution in [-0.2, 0) is 12.4 Å². The molecular formula is C29H29F6N5. The van der Waals surface area contributed by atoms with Crippen molar-refractivity contribution >= 4 is 22.4 Å². The maximum Gasteiger partial charge on any atom is 0.418 e. The fraction of sp³-hybridized carbons (Fsp3) is 0.345. The number of nitrogens with zero attached hydrogens (tertiary/aromatic N) is 4. The zero-order valence-corrected chi connectivity index (χ0v) is 22.2. The molecule has 2 aromatic heterocycles. The van der Waals surface area contributed by atoms with Gasteiger partial charge in [0.15, 0.2) is 0 Å². The van der Waals surface area contributed by atoms with Gasteiger partial charge in [-0.05, 0) is 81.4 Å². The van der Waals surface area contributed by atoms with Crippen LogP contribution in [0.25, 0.3) is 22.2 Å². The van der Waals surface area contributed by atoms with Gasteiger partial charge in [0.25, 0.3) is 0 Å². The first-order valence-corrected chi connectivity index (χ1v) is 12.9. The van der Waals surface area contributed by atoms with Crippen molar-refractivity contribution in [1.82, 2.24) is 19.9 Å². The number of pyridine rings is 1. The standard InChI is InChI=1S/C29H29F6N5/c1-4-15-40(16-5-2)18(3)26-38-24-17-19(25-23(29(33,34)35)7-6-14-36-25)8-13-22(24)27(39-26)37-21-11-9-20(10-12-21)28(30,31)32/h6-14,17-18H,4-5,15-16H2,1-3H3,(H,37,38,39). The van der Waals surface area contributed by atoms with Crippen molar-refractivity contribution in [3.63, 3.8) is 0 Å². The van der Waals surface area contributed by atoms with Crippen LogP contribution in [0, 0.1) is 0 Å². The molecule has 4 rings (SSSR count). The molecule has 0 radical (unpaired) electrons. The van der Waals surface area contributed by atoms with E-state index in [1.54, 1.807) is 6.07 Å². The summed E-state index contributed by atoms with van der Waals surface area (Å²) in [5, 5.41) is 3.59. The molecule has 0 bridgehead atoms. The molecule has 5 nitrogen and oxygen atoms in total. The number of aromatic nitrogens is 3. The lowest BCUT2D eigenvalue weighted by Gasteiger charge is -2.28. The quantitative estimate of drug-likeness (QED) is 0.207. The van der Waals surface area contributed by atoms with Gasteiger partial charge in [-0.25, -0.2) is 9.97 Å². The van der Waals surface area contributed by atoms with Crippen molar-refractivity contribution < 1.29 is 26.3 Å². The van der Waals surface area contributed by atoms with E-state index < -0.39 is 23.5 Å². The Morgan fingerprint density at radius 2 is 1.52 bits per heavy atom. The smallest absolute Gasteiger partial charge is 0.340 e. The highest BCUT2D eigenvalue weighted by Gasteiger charge is 2.34. The average Bonchev–Trinajstić information content (AvgIpc) is 2.91. The third-order valence-corrected chi connectivity index (χ3v) is 6.52. The summed E-state index contributed by atoms with van der Waals surface area (Å²) in [4.78, 5) is 15.7. The number of anilines is 2. The third kappa shape index (κ3) is 6.52. The number of halogens is 6. The number of fused-ring (bicyclic) bond motifs is 1. The molecule has 4 aromatic rings. The van der Waals surface area contributed by atoms with Gasteiger partial charge in [0.2, 0.25) is 0 Å². The molecule has 0 aliphatic rings. The maximum absolute atomic E-state index is 13.7. The highest BCUT2D eigenvalue weighted by Crippen LogP contribution is 2.37. The Morgan fingerprint density at radius 3 is 2.12 bits per heavy atom. The molecule has 2 aromatic carbocycles. The van der Waals surface area contributed by atoms with Crippen molar-refractivity contribution in [2.45, 2.75) is 52.0 Å². The molecular weight excluding hydrogens is 532 g/mol. The Balaban J connectivity index is 1.85. The van der Waals surface area contributed by atoms with Gasteiger partial charge in [0.1, 0.15) is 11.6 Å². The minimum Gasteiger partial charge on any atom is -0.340 e. The lowest BCUT2D eigenvalue weighted by atomic mass is 10.0. The lowest BCUT2D eigenvalue weighted by Crippen LogP contribution is -2.30. The predicted octanol–water partition coefficient (Wildman–Crippen LogP) is 8.66. The number of nitrogens with one attached hydrogen (secondary N) is 1. The second-order valence-corrected chi connectivity index (χ2v) is 9.47. The van der Waals surface area contributed by atoms with Gasteiger partial charge < -0.3 is 5.32 Å². The summed E-state index contributed by atoms with van der Waals surface area (Å²) in [6.45, 7) is 7.66. The van der Waals surface area contributed by atoms with Crippen molar-refractivity contribution in [1.29, 1.82) is 0 Å². The summed E-state index contributed by atoms with van der Waals surface area (Å²) in [7, 11) is 0. The Bertz CT molecular complexity index is 1440. The van der Waals surface area contributed by atoms with E-state index in [0.717, 1.165) is 44.1 Å². The number of benzene rings is 2. The highest BCUT2D eigenvalue weighted by atomic mass is 19.4. The zero-order chi connectivity index (χ0) is 29.1. The molecule has 0 amide bonds. The number of hydrogen-bond acceptors (Lipinski definition) is 5. The molecule has 40 heavy (non-hydrogen) atoms. The molecule has 1 N–H and O–H groups in total. The zero-order valence-electron chi connectivity index (χ0n) is 22.2. The first-order valence-electron chi connectivity index (χ1n) is 12.9. The topological polar surface area (TPSA) is 53.9 Å². The van der Waals surface area contributed by atoms with Gasteiger partial charge in [0, 0.05) is 22.8 Å². The molecule has 1 atom stereocenters. The van der Waals surface area contributed by atoms with E-state index in [2.05, 4.69) is 29.0 Å². The first kappa shape index (κ1) is 29.3. The summed E-state index contributed by atoms with van der Waals surface area (Å²) in [5.41, 5.74) is -0.875. The van der Waals surface area contributed by atoms with Crippen molar-refractivity contribution in [3.05, 3.63) is 77.7 Å². The summed E-state index contributed by atoms with van der Waals surface area (Å²) in [5.74, 6) is 0.779.